The van der Waals surface area contributed by atoms with Crippen molar-refractivity contribution in [3.8, 4) is 0 Å². The molecule has 3 aliphatic carbocycles. The smallest absolute Gasteiger partial charge is 0.327 e. The van der Waals surface area contributed by atoms with E-state index >= 15 is 0 Å². The summed E-state index contributed by atoms with van der Waals surface area (Å²) in [4.78, 5) is 60.5. The molecule has 54 heavy (non-hydrogen) atoms. The second kappa shape index (κ2) is 15.5. The Kier molecular flexibility index (Phi) is 11.1. The van der Waals surface area contributed by atoms with E-state index in [9.17, 15) is 24.3 Å². The molecule has 2 bridgehead atoms. The fourth-order valence-corrected chi connectivity index (χ4v) is 8.57. The highest BCUT2D eigenvalue weighted by molar-refractivity contribution is 5.94. The normalized spacial score (nSPS) is 30.4. The Labute approximate surface area is 314 Å². The summed E-state index contributed by atoms with van der Waals surface area (Å²) in [6.07, 6.45) is 4.61. The molecule has 6 fully saturated rings. The molecule has 15 heteroatoms. The molecule has 7 atom stereocenters. The van der Waals surface area contributed by atoms with Crippen molar-refractivity contribution in [1.82, 2.24) is 15.7 Å². The molecule has 0 spiro atoms. The van der Waals surface area contributed by atoms with Gasteiger partial charge in [0.05, 0.1) is 32.1 Å². The monoisotopic (exact) mass is 755 g/mol. The van der Waals surface area contributed by atoms with E-state index in [2.05, 4.69) is 10.6 Å². The fourth-order valence-electron chi connectivity index (χ4n) is 8.57. The van der Waals surface area contributed by atoms with Gasteiger partial charge in [-0.3, -0.25) is 24.0 Å². The number of hydrogen-bond donors (Lipinski definition) is 4. The average molecular weight is 756 g/mol. The lowest BCUT2D eigenvalue weighted by molar-refractivity contribution is -0.235. The number of aliphatic hydroxyl groups is 2. The van der Waals surface area contributed by atoms with Crippen LogP contribution >= 0.6 is 0 Å². The third-order valence-corrected chi connectivity index (χ3v) is 11.2. The Bertz CT molecular complexity index is 1590. The van der Waals surface area contributed by atoms with Crippen molar-refractivity contribution in [2.45, 2.75) is 127 Å². The molecule has 3 saturated heterocycles. The van der Waals surface area contributed by atoms with E-state index in [1.165, 1.54) is 11.3 Å². The third kappa shape index (κ3) is 7.76. The summed E-state index contributed by atoms with van der Waals surface area (Å²) in [5.74, 6) is -2.19. The number of hydroxylamine groups is 2. The summed E-state index contributed by atoms with van der Waals surface area (Å²) in [7, 11) is 0. The summed E-state index contributed by atoms with van der Waals surface area (Å²) < 4.78 is 30.5. The van der Waals surface area contributed by atoms with Crippen LogP contribution in [0.3, 0.4) is 0 Å². The molecule has 3 heterocycles. The zero-order valence-electron chi connectivity index (χ0n) is 31.2. The molecule has 7 unspecified atom stereocenters. The van der Waals surface area contributed by atoms with Crippen molar-refractivity contribution in [2.75, 3.05) is 26.4 Å². The van der Waals surface area contributed by atoms with Gasteiger partial charge in [0.25, 0.3) is 0 Å². The molecule has 296 valence electrons. The van der Waals surface area contributed by atoms with Gasteiger partial charge in [0.15, 0.2) is 11.8 Å². The van der Waals surface area contributed by atoms with Crippen LogP contribution in [0.2, 0.25) is 0 Å². The molecule has 2 amide bonds. The maximum atomic E-state index is 14.6. The number of benzene rings is 1. The standard InChI is InChI=1S/C39H53N3O12/c1-37(2,3)51-30(46)13-12-27(22-44)41-29(45)14-16-40-36(48)38-20-28-31-32(53-39(52-31,25-8-9-25)26-10-11-26)34(38)54-42(33(38)35(47)50-28)21-24-7-5-4-6-23(24)15-18-49-19-17-43/h4-7,15,18,25-28,31-34,43-44H,8-14,16-17,19-22H2,1-3H3,(H,40,48)(H,41,45). The number of rotatable bonds is 17. The van der Waals surface area contributed by atoms with Gasteiger partial charge in [-0.15, -0.1) is 0 Å². The highest BCUT2D eigenvalue weighted by Gasteiger charge is 2.78. The number of hydrogen-bond acceptors (Lipinski definition) is 13. The molecule has 0 radical (unpaired) electrons. The second-order valence-electron chi connectivity index (χ2n) is 16.3. The van der Waals surface area contributed by atoms with Crippen LogP contribution in [0.4, 0.5) is 0 Å². The Morgan fingerprint density at radius 2 is 1.78 bits per heavy atom. The van der Waals surface area contributed by atoms with E-state index in [0.29, 0.717) is 0 Å². The van der Waals surface area contributed by atoms with Crippen molar-refractivity contribution >= 4 is 29.8 Å². The van der Waals surface area contributed by atoms with Gasteiger partial charge >= 0.3 is 11.9 Å². The number of nitrogens with one attached hydrogen (secondary N) is 2. The number of aliphatic hydroxyl groups excluding tert-OH is 2. The summed E-state index contributed by atoms with van der Waals surface area (Å²) in [6.45, 7) is 5.05. The molecule has 1 aromatic carbocycles. The zero-order valence-corrected chi connectivity index (χ0v) is 31.2. The highest BCUT2D eigenvalue weighted by Crippen LogP contribution is 2.63. The van der Waals surface area contributed by atoms with Crippen LogP contribution in [-0.2, 0) is 54.2 Å². The summed E-state index contributed by atoms with van der Waals surface area (Å²) in [5.41, 5.74) is -0.444. The number of fused-ring (bicyclic) bond motifs is 4. The Hall–Kier alpha value is -3.60. The lowest BCUT2D eigenvalue weighted by Crippen LogP contribution is -2.69. The maximum Gasteiger partial charge on any atom is 0.327 e. The van der Waals surface area contributed by atoms with Crippen LogP contribution in [0.15, 0.2) is 30.5 Å². The van der Waals surface area contributed by atoms with E-state index in [-0.39, 0.29) is 70.4 Å². The minimum atomic E-state index is -1.40. The topological polar surface area (TPSA) is 191 Å². The quantitative estimate of drug-likeness (QED) is 0.103. The molecule has 3 aliphatic heterocycles. The van der Waals surface area contributed by atoms with Gasteiger partial charge in [-0.1, -0.05) is 24.3 Å². The molecule has 6 aliphatic rings. The van der Waals surface area contributed by atoms with Gasteiger partial charge in [0, 0.05) is 37.6 Å². The largest absolute Gasteiger partial charge is 0.499 e. The first-order valence-electron chi connectivity index (χ1n) is 19.3. The first-order valence-corrected chi connectivity index (χ1v) is 19.3. The lowest BCUT2D eigenvalue weighted by atomic mass is 9.62. The summed E-state index contributed by atoms with van der Waals surface area (Å²) in [6, 6.07) is 5.76. The van der Waals surface area contributed by atoms with E-state index in [1.807, 2.05) is 24.3 Å². The van der Waals surface area contributed by atoms with Crippen LogP contribution in [0.5, 0.6) is 0 Å². The highest BCUT2D eigenvalue weighted by atomic mass is 16.8. The summed E-state index contributed by atoms with van der Waals surface area (Å²) >= 11 is 0. The molecule has 1 aromatic rings. The Morgan fingerprint density at radius 1 is 1.06 bits per heavy atom. The molecule has 3 saturated carbocycles. The predicted molar refractivity (Wildman–Crippen MR) is 189 cm³/mol. The van der Waals surface area contributed by atoms with Crippen LogP contribution in [0.25, 0.3) is 6.08 Å². The van der Waals surface area contributed by atoms with Crippen molar-refractivity contribution < 1.29 is 57.9 Å². The van der Waals surface area contributed by atoms with Gasteiger partial charge in [0.1, 0.15) is 42.0 Å². The SMILES string of the molecule is CC(C)(C)OC(=O)CCC(CO)NC(=O)CCNC(=O)C12CC3OC(=O)C1N(Cc1ccccc1C=COCCO)OC2C1OC(C2CC2)(C2CC2)OC31. The van der Waals surface area contributed by atoms with E-state index < -0.39 is 77.1 Å². The lowest BCUT2D eigenvalue weighted by Gasteiger charge is -2.48. The minimum Gasteiger partial charge on any atom is -0.499 e. The van der Waals surface area contributed by atoms with Gasteiger partial charge in [-0.2, -0.15) is 5.06 Å². The summed E-state index contributed by atoms with van der Waals surface area (Å²) in [5, 5.41) is 26.1. The van der Waals surface area contributed by atoms with E-state index in [0.717, 1.165) is 36.8 Å². The van der Waals surface area contributed by atoms with Crippen molar-refractivity contribution in [2.24, 2.45) is 17.3 Å². The number of nitrogens with zero attached hydrogens (tertiary/aromatic N) is 1. The van der Waals surface area contributed by atoms with E-state index in [1.54, 1.807) is 26.8 Å². The third-order valence-electron chi connectivity index (χ3n) is 11.2. The molecule has 0 aromatic heterocycles. The van der Waals surface area contributed by atoms with Crippen molar-refractivity contribution in [3.05, 3.63) is 41.7 Å². The molecule has 7 rings (SSSR count). The van der Waals surface area contributed by atoms with Gasteiger partial charge in [-0.05, 0) is 70.1 Å². The van der Waals surface area contributed by atoms with Crippen LogP contribution in [0.1, 0.15) is 83.3 Å². The average Bonchev–Trinajstić information content (AvgIpc) is 4.07. The number of carbonyl (C=O) groups is 4. The first-order chi connectivity index (χ1) is 25.9. The number of carbonyl (C=O) groups excluding carboxylic acids is 4. The van der Waals surface area contributed by atoms with E-state index in [4.69, 9.17) is 33.6 Å². The minimum absolute atomic E-state index is 0.0214. The number of ether oxygens (including phenoxy) is 5. The Balaban J connectivity index is 1.08. The van der Waals surface area contributed by atoms with Gasteiger partial charge in [-0.25, -0.2) is 0 Å². The second-order valence-corrected chi connectivity index (χ2v) is 16.3. The molecule has 4 N–H and O–H groups in total. The molecular formula is C39H53N3O12. The maximum absolute atomic E-state index is 14.6. The molecule has 15 nitrogen and oxygen atoms in total. The van der Waals surface area contributed by atoms with Crippen molar-refractivity contribution in [3.63, 3.8) is 0 Å². The predicted octanol–water partition coefficient (Wildman–Crippen LogP) is 1.87. The molecular weight excluding hydrogens is 702 g/mol. The van der Waals surface area contributed by atoms with Crippen LogP contribution < -0.4 is 10.6 Å². The zero-order chi connectivity index (χ0) is 38.3. The number of esters is 2. The Morgan fingerprint density at radius 3 is 2.46 bits per heavy atom. The van der Waals surface area contributed by atoms with Gasteiger partial charge in [0.2, 0.25) is 11.8 Å². The van der Waals surface area contributed by atoms with Crippen LogP contribution in [0, 0.1) is 17.3 Å². The first kappa shape index (κ1) is 38.7. The fraction of sp³-hybridized carbons (Fsp3) is 0.692. The van der Waals surface area contributed by atoms with Crippen LogP contribution in [-0.4, -0.2) is 113 Å². The number of amides is 2. The van der Waals surface area contributed by atoms with Crippen molar-refractivity contribution in [1.29, 1.82) is 0 Å². The van der Waals surface area contributed by atoms with Gasteiger partial charge < -0.3 is 44.5 Å².